The molecule has 0 bridgehead atoms. The molecule has 1 aromatic heterocycles. The lowest BCUT2D eigenvalue weighted by molar-refractivity contribution is -0.138. The number of aryl methyl sites for hydroxylation is 2. The second kappa shape index (κ2) is 4.08. The van der Waals surface area contributed by atoms with Crippen LogP contribution in [0, 0.1) is 19.8 Å². The average Bonchev–Trinajstić information content (AvgIpc) is 3.02. The van der Waals surface area contributed by atoms with Crippen molar-refractivity contribution in [3.8, 4) is 0 Å². The molecule has 0 aliphatic heterocycles. The van der Waals surface area contributed by atoms with Crippen LogP contribution in [0.3, 0.4) is 0 Å². The fourth-order valence-electron chi connectivity index (χ4n) is 1.63. The van der Waals surface area contributed by atoms with Gasteiger partial charge in [0.2, 0.25) is 0 Å². The first kappa shape index (κ1) is 10.9. The number of anilines is 1. The van der Waals surface area contributed by atoms with E-state index in [0.717, 1.165) is 24.2 Å². The quantitative estimate of drug-likeness (QED) is 0.803. The molecule has 1 aliphatic carbocycles. The first-order chi connectivity index (χ1) is 7.58. The number of carboxylic acids is 1. The van der Waals surface area contributed by atoms with Crippen LogP contribution in [0.25, 0.3) is 0 Å². The summed E-state index contributed by atoms with van der Waals surface area (Å²) in [6, 6.07) is -0.533. The first-order valence-corrected chi connectivity index (χ1v) is 5.37. The maximum atomic E-state index is 11.1. The van der Waals surface area contributed by atoms with E-state index in [1.165, 1.54) is 0 Å². The highest BCUT2D eigenvalue weighted by molar-refractivity contribution is 5.78. The zero-order chi connectivity index (χ0) is 11.7. The van der Waals surface area contributed by atoms with Gasteiger partial charge in [0, 0.05) is 6.20 Å². The molecule has 1 atom stereocenters. The van der Waals surface area contributed by atoms with Crippen LogP contribution in [0.4, 0.5) is 5.82 Å². The van der Waals surface area contributed by atoms with Crippen LogP contribution >= 0.6 is 0 Å². The largest absolute Gasteiger partial charge is 0.480 e. The molecule has 86 valence electrons. The summed E-state index contributed by atoms with van der Waals surface area (Å²) in [7, 11) is 0. The molecular formula is C11H15N3O2. The van der Waals surface area contributed by atoms with Crippen molar-refractivity contribution in [3.05, 3.63) is 17.6 Å². The number of hydrogen-bond donors (Lipinski definition) is 2. The minimum atomic E-state index is -0.815. The summed E-state index contributed by atoms with van der Waals surface area (Å²) in [6.07, 6.45) is 3.62. The van der Waals surface area contributed by atoms with Gasteiger partial charge in [-0.15, -0.1) is 0 Å². The van der Waals surface area contributed by atoms with Crippen LogP contribution in [0.5, 0.6) is 0 Å². The molecule has 0 saturated heterocycles. The van der Waals surface area contributed by atoms with E-state index in [1.807, 2.05) is 13.8 Å². The van der Waals surface area contributed by atoms with Gasteiger partial charge < -0.3 is 10.4 Å². The summed E-state index contributed by atoms with van der Waals surface area (Å²) in [6.45, 7) is 3.66. The Labute approximate surface area is 93.9 Å². The smallest absolute Gasteiger partial charge is 0.326 e. The molecule has 2 rings (SSSR count). The lowest BCUT2D eigenvalue weighted by atomic mass is 10.2. The van der Waals surface area contributed by atoms with Gasteiger partial charge >= 0.3 is 5.97 Å². The molecule has 5 nitrogen and oxygen atoms in total. The number of aromatic nitrogens is 2. The van der Waals surface area contributed by atoms with Gasteiger partial charge in [0.1, 0.15) is 11.9 Å². The molecule has 1 saturated carbocycles. The normalized spacial score (nSPS) is 16.9. The molecule has 16 heavy (non-hydrogen) atoms. The zero-order valence-corrected chi connectivity index (χ0v) is 9.40. The van der Waals surface area contributed by atoms with Gasteiger partial charge in [0.05, 0.1) is 11.4 Å². The fourth-order valence-corrected chi connectivity index (χ4v) is 1.63. The van der Waals surface area contributed by atoms with Crippen molar-refractivity contribution in [1.29, 1.82) is 0 Å². The second-order valence-electron chi connectivity index (χ2n) is 4.24. The Bertz CT molecular complexity index is 416. The van der Waals surface area contributed by atoms with Crippen LogP contribution in [0.1, 0.15) is 24.2 Å². The maximum Gasteiger partial charge on any atom is 0.326 e. The molecule has 1 aromatic rings. The van der Waals surface area contributed by atoms with Gasteiger partial charge in [-0.1, -0.05) is 0 Å². The Hall–Kier alpha value is -1.65. The van der Waals surface area contributed by atoms with Gasteiger partial charge in [-0.05, 0) is 32.6 Å². The monoisotopic (exact) mass is 221 g/mol. The topological polar surface area (TPSA) is 75.1 Å². The van der Waals surface area contributed by atoms with Gasteiger partial charge in [-0.25, -0.2) is 9.78 Å². The van der Waals surface area contributed by atoms with Crippen LogP contribution in [0.15, 0.2) is 6.20 Å². The summed E-state index contributed by atoms with van der Waals surface area (Å²) < 4.78 is 0. The predicted octanol–water partition coefficient (Wildman–Crippen LogP) is 1.37. The van der Waals surface area contributed by atoms with Crippen LogP contribution in [-0.4, -0.2) is 27.1 Å². The number of hydrogen-bond acceptors (Lipinski definition) is 4. The van der Waals surface area contributed by atoms with Crippen molar-refractivity contribution in [3.63, 3.8) is 0 Å². The van der Waals surface area contributed by atoms with E-state index >= 15 is 0 Å². The molecular weight excluding hydrogens is 206 g/mol. The lowest BCUT2D eigenvalue weighted by Gasteiger charge is -2.15. The molecule has 0 amide bonds. The Morgan fingerprint density at radius 1 is 1.56 bits per heavy atom. The van der Waals surface area contributed by atoms with E-state index in [4.69, 9.17) is 5.11 Å². The summed E-state index contributed by atoms with van der Waals surface area (Å²) >= 11 is 0. The van der Waals surface area contributed by atoms with Crippen molar-refractivity contribution in [2.24, 2.45) is 5.92 Å². The van der Waals surface area contributed by atoms with Gasteiger partial charge in [0.15, 0.2) is 0 Å². The maximum absolute atomic E-state index is 11.1. The summed E-state index contributed by atoms with van der Waals surface area (Å²) in [4.78, 5) is 19.5. The number of rotatable bonds is 4. The van der Waals surface area contributed by atoms with Crippen molar-refractivity contribution in [2.45, 2.75) is 32.7 Å². The van der Waals surface area contributed by atoms with Crippen molar-refractivity contribution < 1.29 is 9.90 Å². The lowest BCUT2D eigenvalue weighted by Crippen LogP contribution is -2.32. The highest BCUT2D eigenvalue weighted by Crippen LogP contribution is 2.34. The SMILES string of the molecule is Cc1cnc(C)c(NC(C(=O)O)C2CC2)n1. The number of carbonyl (C=O) groups is 1. The molecule has 5 heteroatoms. The molecule has 0 aromatic carbocycles. The fraction of sp³-hybridized carbons (Fsp3) is 0.545. The summed E-state index contributed by atoms with van der Waals surface area (Å²) in [5.74, 6) is 0.00344. The molecule has 1 fully saturated rings. The standard InChI is InChI=1S/C11H15N3O2/c1-6-5-12-7(2)10(13-6)14-9(11(15)16)8-3-4-8/h5,8-9H,3-4H2,1-2H3,(H,13,14)(H,15,16). The number of nitrogens with one attached hydrogen (secondary N) is 1. The summed E-state index contributed by atoms with van der Waals surface area (Å²) in [5.41, 5.74) is 1.52. The van der Waals surface area contributed by atoms with Crippen molar-refractivity contribution in [2.75, 3.05) is 5.32 Å². The summed E-state index contributed by atoms with van der Waals surface area (Å²) in [5, 5.41) is 12.1. The van der Waals surface area contributed by atoms with Gasteiger partial charge in [-0.3, -0.25) is 4.98 Å². The predicted molar refractivity (Wildman–Crippen MR) is 59.3 cm³/mol. The molecule has 2 N–H and O–H groups in total. The van der Waals surface area contributed by atoms with E-state index < -0.39 is 12.0 Å². The van der Waals surface area contributed by atoms with Gasteiger partial charge in [-0.2, -0.15) is 0 Å². The van der Waals surface area contributed by atoms with Gasteiger partial charge in [0.25, 0.3) is 0 Å². The minimum Gasteiger partial charge on any atom is -0.480 e. The van der Waals surface area contributed by atoms with Crippen LogP contribution in [-0.2, 0) is 4.79 Å². The number of carboxylic acid groups (broad SMARTS) is 1. The van der Waals surface area contributed by atoms with Crippen LogP contribution < -0.4 is 5.32 Å². The highest BCUT2D eigenvalue weighted by atomic mass is 16.4. The first-order valence-electron chi connectivity index (χ1n) is 5.37. The molecule has 0 radical (unpaired) electrons. The molecule has 1 heterocycles. The van der Waals surface area contributed by atoms with E-state index in [1.54, 1.807) is 6.20 Å². The van der Waals surface area contributed by atoms with Crippen LogP contribution in [0.2, 0.25) is 0 Å². The van der Waals surface area contributed by atoms with Crippen molar-refractivity contribution >= 4 is 11.8 Å². The molecule has 1 unspecified atom stereocenters. The Morgan fingerprint density at radius 3 is 2.81 bits per heavy atom. The third-order valence-electron chi connectivity index (χ3n) is 2.73. The molecule has 1 aliphatic rings. The number of aliphatic carboxylic acids is 1. The zero-order valence-electron chi connectivity index (χ0n) is 9.40. The Kier molecular flexibility index (Phi) is 2.77. The van der Waals surface area contributed by atoms with E-state index in [0.29, 0.717) is 5.82 Å². The average molecular weight is 221 g/mol. The minimum absolute atomic E-state index is 0.235. The molecule has 0 spiro atoms. The third kappa shape index (κ3) is 2.29. The Balaban J connectivity index is 2.17. The van der Waals surface area contributed by atoms with Crippen molar-refractivity contribution in [1.82, 2.24) is 9.97 Å². The highest BCUT2D eigenvalue weighted by Gasteiger charge is 2.36. The Morgan fingerprint density at radius 2 is 2.25 bits per heavy atom. The van der Waals surface area contributed by atoms with E-state index in [9.17, 15) is 4.79 Å². The second-order valence-corrected chi connectivity index (χ2v) is 4.24. The third-order valence-corrected chi connectivity index (χ3v) is 2.73. The number of nitrogens with zero attached hydrogens (tertiary/aromatic N) is 2. The van der Waals surface area contributed by atoms with E-state index in [-0.39, 0.29) is 5.92 Å². The van der Waals surface area contributed by atoms with E-state index in [2.05, 4.69) is 15.3 Å².